The fraction of sp³-hybridized carbons (Fsp3) is 0.455. The summed E-state index contributed by atoms with van der Waals surface area (Å²) >= 11 is 0. The van der Waals surface area contributed by atoms with Gasteiger partial charge in [-0.25, -0.2) is 8.78 Å². The first-order chi connectivity index (χ1) is 20.8. The summed E-state index contributed by atoms with van der Waals surface area (Å²) in [6, 6.07) is 11.7. The van der Waals surface area contributed by atoms with Gasteiger partial charge in [-0.2, -0.15) is 15.2 Å². The van der Waals surface area contributed by atoms with Crippen molar-refractivity contribution < 1.29 is 18.3 Å². The van der Waals surface area contributed by atoms with E-state index in [1.807, 2.05) is 29.2 Å². The molecular formula is C33H34F2N6O2. The lowest BCUT2D eigenvalue weighted by Gasteiger charge is -2.41. The molecule has 1 saturated carbocycles. The van der Waals surface area contributed by atoms with Crippen molar-refractivity contribution in [1.29, 1.82) is 5.26 Å². The molecule has 2 aliphatic carbocycles. The molecule has 222 valence electrons. The first-order valence-electron chi connectivity index (χ1n) is 15.1. The summed E-state index contributed by atoms with van der Waals surface area (Å²) in [7, 11) is 2.06. The number of nitriles is 1. The van der Waals surface area contributed by atoms with E-state index in [0.29, 0.717) is 41.8 Å². The zero-order valence-corrected chi connectivity index (χ0v) is 24.2. The molecule has 2 saturated heterocycles. The maximum atomic E-state index is 16.6. The molecule has 2 aliphatic heterocycles. The minimum absolute atomic E-state index is 0.00962. The third-order valence-electron chi connectivity index (χ3n) is 9.71. The molecule has 7 rings (SSSR count). The summed E-state index contributed by atoms with van der Waals surface area (Å²) in [5.74, 6) is -0.653. The second kappa shape index (κ2) is 10.9. The summed E-state index contributed by atoms with van der Waals surface area (Å²) in [5.41, 5.74) is 4.17. The molecule has 43 heavy (non-hydrogen) atoms. The van der Waals surface area contributed by atoms with Crippen molar-refractivity contribution in [2.24, 2.45) is 5.92 Å². The molecule has 8 nitrogen and oxygen atoms in total. The molecule has 2 aromatic carbocycles. The number of amides is 1. The van der Waals surface area contributed by atoms with E-state index in [1.54, 1.807) is 0 Å². The van der Waals surface area contributed by atoms with Crippen LogP contribution in [-0.4, -0.2) is 77.6 Å². The van der Waals surface area contributed by atoms with Crippen molar-refractivity contribution >= 4 is 22.6 Å². The molecule has 4 aliphatic rings. The van der Waals surface area contributed by atoms with E-state index in [1.165, 1.54) is 16.0 Å². The van der Waals surface area contributed by atoms with E-state index >= 15 is 4.39 Å². The summed E-state index contributed by atoms with van der Waals surface area (Å²) in [6.45, 7) is 5.24. The number of anilines is 1. The molecular weight excluding hydrogens is 550 g/mol. The van der Waals surface area contributed by atoms with Crippen molar-refractivity contribution in [2.45, 2.75) is 50.1 Å². The van der Waals surface area contributed by atoms with Gasteiger partial charge in [-0.1, -0.05) is 30.8 Å². The SMILES string of the molecule is C=C(F)C(=O)N1CCN(c2nc(OCC3CCCN3C)nc3c(F)c(-c4cccc5c4C4CC4C5)ccc23)C[C@@H]1CC#N. The lowest BCUT2D eigenvalue weighted by Crippen LogP contribution is -2.55. The zero-order valence-electron chi connectivity index (χ0n) is 24.2. The van der Waals surface area contributed by atoms with Gasteiger partial charge in [0.1, 0.15) is 17.9 Å². The third kappa shape index (κ3) is 4.89. The number of carbonyl (C=O) groups excluding carboxylic acids is 1. The summed E-state index contributed by atoms with van der Waals surface area (Å²) in [4.78, 5) is 27.4. The monoisotopic (exact) mass is 584 g/mol. The van der Waals surface area contributed by atoms with Crippen molar-refractivity contribution in [2.75, 3.05) is 44.7 Å². The lowest BCUT2D eigenvalue weighted by atomic mass is 9.93. The molecule has 1 aromatic heterocycles. The topological polar surface area (TPSA) is 85.6 Å². The number of likely N-dealkylation sites (N-methyl/N-ethyl adjacent to an activating group) is 1. The second-order valence-corrected chi connectivity index (χ2v) is 12.3. The number of hydrogen-bond donors (Lipinski definition) is 0. The molecule has 0 bridgehead atoms. The lowest BCUT2D eigenvalue weighted by molar-refractivity contribution is -0.131. The Morgan fingerprint density at radius 3 is 2.79 bits per heavy atom. The number of ether oxygens (including phenoxy) is 1. The molecule has 4 atom stereocenters. The fourth-order valence-electron chi connectivity index (χ4n) is 7.32. The molecule has 1 amide bonds. The van der Waals surface area contributed by atoms with Crippen molar-refractivity contribution in [3.05, 3.63) is 59.7 Å². The van der Waals surface area contributed by atoms with Crippen LogP contribution in [0.25, 0.3) is 22.0 Å². The maximum absolute atomic E-state index is 16.6. The highest BCUT2D eigenvalue weighted by molar-refractivity contribution is 5.95. The Kier molecular flexibility index (Phi) is 7.01. The highest BCUT2D eigenvalue weighted by Gasteiger charge is 2.46. The molecule has 0 spiro atoms. The van der Waals surface area contributed by atoms with E-state index in [9.17, 15) is 14.4 Å². The van der Waals surface area contributed by atoms with Crippen LogP contribution in [0.15, 0.2) is 42.7 Å². The molecule has 0 radical (unpaired) electrons. The van der Waals surface area contributed by atoms with Gasteiger partial charge in [0.05, 0.1) is 18.5 Å². The number of rotatable bonds is 7. The van der Waals surface area contributed by atoms with Gasteiger partial charge >= 0.3 is 6.01 Å². The van der Waals surface area contributed by atoms with Gasteiger partial charge in [-0.05, 0) is 73.9 Å². The van der Waals surface area contributed by atoms with Crippen LogP contribution in [0.4, 0.5) is 14.6 Å². The average molecular weight is 585 g/mol. The smallest absolute Gasteiger partial charge is 0.319 e. The number of benzene rings is 2. The van der Waals surface area contributed by atoms with Crippen molar-refractivity contribution in [3.63, 3.8) is 0 Å². The predicted octanol–water partition coefficient (Wildman–Crippen LogP) is 4.98. The first-order valence-corrected chi connectivity index (χ1v) is 15.1. The van der Waals surface area contributed by atoms with Crippen LogP contribution >= 0.6 is 0 Å². The van der Waals surface area contributed by atoms with Crippen LogP contribution in [0.1, 0.15) is 42.7 Å². The molecule has 3 fully saturated rings. The van der Waals surface area contributed by atoms with Gasteiger partial charge in [-0.15, -0.1) is 0 Å². The number of halogens is 2. The normalized spacial score (nSPS) is 24.5. The van der Waals surface area contributed by atoms with Crippen LogP contribution in [0.5, 0.6) is 6.01 Å². The minimum atomic E-state index is -1.06. The molecule has 10 heteroatoms. The van der Waals surface area contributed by atoms with Gasteiger partial charge in [0.15, 0.2) is 11.6 Å². The summed E-state index contributed by atoms with van der Waals surface area (Å²) < 4.78 is 36.5. The standard InChI is InChI=1S/C33H34F2N6O2/c1-19(34)32(42)41-14-13-40(17-22(41)10-11-36)31-26-9-8-25(24-7-3-5-20-15-21-16-27(21)28(20)24)29(35)30(26)37-33(38-31)43-18-23-6-4-12-39(23)2/h3,5,7-9,21-23,27H,1,4,6,10,12-18H2,2H3/t21?,22-,23?,27?/m0/s1. The van der Waals surface area contributed by atoms with Crippen LogP contribution in [0.3, 0.4) is 0 Å². The van der Waals surface area contributed by atoms with E-state index in [2.05, 4.69) is 35.6 Å². The van der Waals surface area contributed by atoms with Crippen LogP contribution in [0, 0.1) is 23.1 Å². The van der Waals surface area contributed by atoms with Crippen LogP contribution in [-0.2, 0) is 11.2 Å². The summed E-state index contributed by atoms with van der Waals surface area (Å²) in [5, 5.41) is 9.99. The zero-order chi connectivity index (χ0) is 29.8. The van der Waals surface area contributed by atoms with E-state index in [4.69, 9.17) is 9.72 Å². The van der Waals surface area contributed by atoms with Crippen molar-refractivity contribution in [1.82, 2.24) is 19.8 Å². The largest absolute Gasteiger partial charge is 0.462 e. The molecule has 3 heterocycles. The predicted molar refractivity (Wildman–Crippen MR) is 159 cm³/mol. The molecule has 3 aromatic rings. The van der Waals surface area contributed by atoms with Gasteiger partial charge < -0.3 is 19.4 Å². The number of piperazine rings is 1. The minimum Gasteiger partial charge on any atom is -0.462 e. The van der Waals surface area contributed by atoms with Gasteiger partial charge in [-0.3, -0.25) is 4.79 Å². The first kappa shape index (κ1) is 27.7. The number of likely N-dealkylation sites (tertiary alicyclic amines) is 1. The number of aromatic nitrogens is 2. The fourth-order valence-corrected chi connectivity index (χ4v) is 7.32. The van der Waals surface area contributed by atoms with E-state index in [0.717, 1.165) is 37.8 Å². The molecule has 0 N–H and O–H groups in total. The van der Waals surface area contributed by atoms with Crippen LogP contribution in [0.2, 0.25) is 0 Å². The Morgan fingerprint density at radius 1 is 1.16 bits per heavy atom. The van der Waals surface area contributed by atoms with Gasteiger partial charge in [0.2, 0.25) is 0 Å². The van der Waals surface area contributed by atoms with Crippen LogP contribution < -0.4 is 9.64 Å². The molecule has 3 unspecified atom stereocenters. The highest BCUT2D eigenvalue weighted by Crippen LogP contribution is 2.58. The Hall–Kier alpha value is -4.10. The quantitative estimate of drug-likeness (QED) is 0.362. The third-order valence-corrected chi connectivity index (χ3v) is 9.71. The van der Waals surface area contributed by atoms with E-state index in [-0.39, 0.29) is 37.1 Å². The van der Waals surface area contributed by atoms with Crippen molar-refractivity contribution in [3.8, 4) is 23.2 Å². The number of hydrogen-bond acceptors (Lipinski definition) is 7. The van der Waals surface area contributed by atoms with E-state index < -0.39 is 23.6 Å². The maximum Gasteiger partial charge on any atom is 0.319 e. The number of nitrogens with zero attached hydrogens (tertiary/aromatic N) is 6. The highest BCUT2D eigenvalue weighted by atomic mass is 19.1. The van der Waals surface area contributed by atoms with Gasteiger partial charge in [0, 0.05) is 36.6 Å². The van der Waals surface area contributed by atoms with Gasteiger partial charge in [0.25, 0.3) is 5.91 Å². The second-order valence-electron chi connectivity index (χ2n) is 12.3. The Labute approximate surface area is 249 Å². The Balaban J connectivity index is 1.29. The number of carbonyl (C=O) groups is 1. The Bertz CT molecular complexity index is 1670. The average Bonchev–Trinajstić information content (AvgIpc) is 3.48. The number of fused-ring (bicyclic) bond motifs is 4. The Morgan fingerprint density at radius 2 is 2.02 bits per heavy atom. The summed E-state index contributed by atoms with van der Waals surface area (Å²) in [6.07, 6.45) is 4.31.